The molecule has 0 amide bonds. The predicted octanol–water partition coefficient (Wildman–Crippen LogP) is 16.4. The van der Waals surface area contributed by atoms with Gasteiger partial charge in [0.1, 0.15) is 11.2 Å². The Kier molecular flexibility index (Phi) is 10.2. The Morgan fingerprint density at radius 3 is 1.22 bits per heavy atom. The largest absolute Gasteiger partial charge is 0.456 e. The van der Waals surface area contributed by atoms with E-state index in [1.165, 1.54) is 38.9 Å². The maximum absolute atomic E-state index is 6.41. The zero-order chi connectivity index (χ0) is 39.3. The van der Waals surface area contributed by atoms with Gasteiger partial charge < -0.3 is 9.32 Å². The standard InChI is InChI=1S/C54H37NO.C2H6/c1-4-13-38(14-5-1)41-23-25-42(26-24-41)44-29-34-47(35-30-44)55(46-32-27-43(28-33-46)39-15-6-2-7-16-39)51-37-45(40-17-8-3-9-18-40)31-36-48(51)49-20-12-22-53-54(49)50-19-10-11-21-52(50)56-53;1-2/h1-37H;1-2H3. The molecule has 0 aliphatic rings. The molecule has 0 aliphatic carbocycles. The molecule has 2 nitrogen and oxygen atoms in total. The maximum atomic E-state index is 6.41. The van der Waals surface area contributed by atoms with Crippen molar-refractivity contribution in [2.45, 2.75) is 13.8 Å². The highest BCUT2D eigenvalue weighted by Crippen LogP contribution is 2.46. The molecular weight excluding hydrogens is 703 g/mol. The van der Waals surface area contributed by atoms with Gasteiger partial charge >= 0.3 is 0 Å². The lowest BCUT2D eigenvalue weighted by atomic mass is 9.93. The summed E-state index contributed by atoms with van der Waals surface area (Å²) in [7, 11) is 0. The average molecular weight is 746 g/mol. The van der Waals surface area contributed by atoms with E-state index in [0.29, 0.717) is 0 Å². The van der Waals surface area contributed by atoms with E-state index in [9.17, 15) is 0 Å². The first-order chi connectivity index (χ1) is 28.8. The quantitative estimate of drug-likeness (QED) is 0.154. The van der Waals surface area contributed by atoms with Crippen molar-refractivity contribution in [3.8, 4) is 55.6 Å². The zero-order valence-electron chi connectivity index (χ0n) is 32.7. The van der Waals surface area contributed by atoms with Crippen molar-refractivity contribution >= 4 is 39.0 Å². The number of rotatable bonds is 8. The summed E-state index contributed by atoms with van der Waals surface area (Å²) in [6.45, 7) is 4.00. The molecule has 0 radical (unpaired) electrons. The lowest BCUT2D eigenvalue weighted by Crippen LogP contribution is -2.11. The third kappa shape index (κ3) is 7.09. The van der Waals surface area contributed by atoms with Gasteiger partial charge in [0.25, 0.3) is 0 Å². The summed E-state index contributed by atoms with van der Waals surface area (Å²) in [6, 6.07) is 80.1. The van der Waals surface area contributed by atoms with E-state index in [1.54, 1.807) is 0 Å². The van der Waals surface area contributed by atoms with Crippen molar-refractivity contribution in [2.75, 3.05) is 4.90 Å². The van der Waals surface area contributed by atoms with Gasteiger partial charge in [0.15, 0.2) is 0 Å². The van der Waals surface area contributed by atoms with Crippen LogP contribution in [0.25, 0.3) is 77.6 Å². The van der Waals surface area contributed by atoms with Gasteiger partial charge in [-0.3, -0.25) is 0 Å². The summed E-state index contributed by atoms with van der Waals surface area (Å²) in [6.07, 6.45) is 0. The van der Waals surface area contributed by atoms with Crippen LogP contribution in [0.4, 0.5) is 17.1 Å². The molecule has 278 valence electrons. The van der Waals surface area contributed by atoms with Crippen LogP contribution < -0.4 is 4.90 Å². The van der Waals surface area contributed by atoms with E-state index < -0.39 is 0 Å². The molecule has 58 heavy (non-hydrogen) atoms. The van der Waals surface area contributed by atoms with Crippen molar-refractivity contribution < 1.29 is 4.42 Å². The molecule has 10 aromatic rings. The first kappa shape index (κ1) is 36.2. The van der Waals surface area contributed by atoms with E-state index in [-0.39, 0.29) is 0 Å². The Morgan fingerprint density at radius 1 is 0.310 bits per heavy atom. The number of benzene rings is 9. The van der Waals surface area contributed by atoms with Gasteiger partial charge in [-0.05, 0) is 92.5 Å². The topological polar surface area (TPSA) is 16.4 Å². The second-order valence-corrected chi connectivity index (χ2v) is 14.1. The minimum atomic E-state index is 0.878. The number of furan rings is 1. The molecule has 0 atom stereocenters. The number of anilines is 3. The molecule has 0 saturated carbocycles. The molecule has 0 spiro atoms. The summed E-state index contributed by atoms with van der Waals surface area (Å²) < 4.78 is 6.41. The predicted molar refractivity (Wildman–Crippen MR) is 247 cm³/mol. The van der Waals surface area contributed by atoms with Gasteiger partial charge in [0.2, 0.25) is 0 Å². The summed E-state index contributed by atoms with van der Waals surface area (Å²) >= 11 is 0. The van der Waals surface area contributed by atoms with E-state index in [2.05, 4.69) is 223 Å². The zero-order valence-corrected chi connectivity index (χ0v) is 32.7. The summed E-state index contributed by atoms with van der Waals surface area (Å²) in [4.78, 5) is 2.40. The molecule has 0 bridgehead atoms. The minimum absolute atomic E-state index is 0.878. The van der Waals surface area contributed by atoms with E-state index in [4.69, 9.17) is 4.42 Å². The minimum Gasteiger partial charge on any atom is -0.456 e. The Balaban J connectivity index is 0.00000215. The maximum Gasteiger partial charge on any atom is 0.136 e. The third-order valence-electron chi connectivity index (χ3n) is 10.7. The summed E-state index contributed by atoms with van der Waals surface area (Å²) in [5.41, 5.74) is 16.7. The van der Waals surface area contributed by atoms with E-state index >= 15 is 0 Å². The molecule has 10 rings (SSSR count). The first-order valence-corrected chi connectivity index (χ1v) is 20.1. The molecule has 0 aliphatic heterocycles. The number of fused-ring (bicyclic) bond motifs is 3. The van der Waals surface area contributed by atoms with Crippen LogP contribution in [0.5, 0.6) is 0 Å². The molecule has 0 N–H and O–H groups in total. The Bertz CT molecular complexity index is 2910. The van der Waals surface area contributed by atoms with Crippen LogP contribution >= 0.6 is 0 Å². The molecule has 0 fully saturated rings. The Morgan fingerprint density at radius 2 is 0.707 bits per heavy atom. The second-order valence-electron chi connectivity index (χ2n) is 14.1. The highest BCUT2D eigenvalue weighted by molar-refractivity contribution is 6.14. The van der Waals surface area contributed by atoms with Crippen LogP contribution in [-0.2, 0) is 0 Å². The van der Waals surface area contributed by atoms with E-state index in [0.717, 1.165) is 55.7 Å². The SMILES string of the molecule is CC.c1ccc(-c2ccc(-c3ccc(N(c4ccc(-c5ccccc5)cc4)c4cc(-c5ccccc5)ccc4-c4cccc5oc6ccccc6c45)cc3)cc2)cc1. The Labute approximate surface area is 340 Å². The lowest BCUT2D eigenvalue weighted by molar-refractivity contribution is 0.669. The third-order valence-corrected chi connectivity index (χ3v) is 10.7. The van der Waals surface area contributed by atoms with Crippen LogP contribution in [0, 0.1) is 0 Å². The van der Waals surface area contributed by atoms with Crippen molar-refractivity contribution in [3.63, 3.8) is 0 Å². The van der Waals surface area contributed by atoms with Crippen LogP contribution in [0.1, 0.15) is 13.8 Å². The molecule has 1 aromatic heterocycles. The average Bonchev–Trinajstić information content (AvgIpc) is 3.70. The van der Waals surface area contributed by atoms with Crippen molar-refractivity contribution in [2.24, 2.45) is 0 Å². The first-order valence-electron chi connectivity index (χ1n) is 20.1. The van der Waals surface area contributed by atoms with Gasteiger partial charge in [-0.25, -0.2) is 0 Å². The van der Waals surface area contributed by atoms with E-state index in [1.807, 2.05) is 19.9 Å². The lowest BCUT2D eigenvalue weighted by Gasteiger charge is -2.29. The van der Waals surface area contributed by atoms with Crippen LogP contribution in [0.2, 0.25) is 0 Å². The highest BCUT2D eigenvalue weighted by atomic mass is 16.3. The van der Waals surface area contributed by atoms with Crippen molar-refractivity contribution in [3.05, 3.63) is 224 Å². The molecule has 9 aromatic carbocycles. The second kappa shape index (κ2) is 16.4. The molecule has 1 heterocycles. The van der Waals surface area contributed by atoms with Crippen molar-refractivity contribution in [1.82, 2.24) is 0 Å². The van der Waals surface area contributed by atoms with Crippen LogP contribution in [0.3, 0.4) is 0 Å². The number of hydrogen-bond donors (Lipinski definition) is 0. The van der Waals surface area contributed by atoms with Gasteiger partial charge in [-0.1, -0.05) is 196 Å². The van der Waals surface area contributed by atoms with Crippen LogP contribution in [-0.4, -0.2) is 0 Å². The smallest absolute Gasteiger partial charge is 0.136 e. The van der Waals surface area contributed by atoms with Gasteiger partial charge in [-0.2, -0.15) is 0 Å². The highest BCUT2D eigenvalue weighted by Gasteiger charge is 2.22. The Hall–Kier alpha value is -7.42. The fourth-order valence-electron chi connectivity index (χ4n) is 7.90. The monoisotopic (exact) mass is 745 g/mol. The fraction of sp³-hybridized carbons (Fsp3) is 0.0357. The van der Waals surface area contributed by atoms with Gasteiger partial charge in [0, 0.05) is 27.7 Å². The molecule has 0 unspecified atom stereocenters. The summed E-state index contributed by atoms with van der Waals surface area (Å²) in [5, 5.41) is 2.23. The summed E-state index contributed by atoms with van der Waals surface area (Å²) in [5.74, 6) is 0. The number of hydrogen-bond acceptors (Lipinski definition) is 2. The van der Waals surface area contributed by atoms with Crippen molar-refractivity contribution in [1.29, 1.82) is 0 Å². The number of nitrogens with zero attached hydrogens (tertiary/aromatic N) is 1. The van der Waals surface area contributed by atoms with Gasteiger partial charge in [-0.15, -0.1) is 0 Å². The van der Waals surface area contributed by atoms with Crippen LogP contribution in [0.15, 0.2) is 229 Å². The molecule has 2 heteroatoms. The number of para-hydroxylation sites is 1. The van der Waals surface area contributed by atoms with Gasteiger partial charge in [0.05, 0.1) is 5.69 Å². The fourth-order valence-corrected chi connectivity index (χ4v) is 7.90. The normalized spacial score (nSPS) is 10.9. The molecular formula is C56H43NO. The molecule has 0 saturated heterocycles.